The molecule has 0 heterocycles. The fourth-order valence-corrected chi connectivity index (χ4v) is 4.08. The van der Waals surface area contributed by atoms with E-state index in [-0.39, 0.29) is 10.8 Å². The Labute approximate surface area is 144 Å². The van der Waals surface area contributed by atoms with Gasteiger partial charge in [-0.1, -0.05) is 85.3 Å². The molecule has 0 atom stereocenters. The molecule has 1 nitrogen and oxygen atoms in total. The van der Waals surface area contributed by atoms with E-state index in [2.05, 4.69) is 46.8 Å². The summed E-state index contributed by atoms with van der Waals surface area (Å²) >= 11 is 0. The number of benzene rings is 1. The number of phenols is 1. The highest BCUT2D eigenvalue weighted by atomic mass is 16.3. The van der Waals surface area contributed by atoms with Gasteiger partial charge in [-0.05, 0) is 42.4 Å². The first-order valence-electron chi connectivity index (χ1n) is 9.73. The largest absolute Gasteiger partial charge is 0.508 e. The molecule has 0 aliphatic heterocycles. The van der Waals surface area contributed by atoms with E-state index in [0.29, 0.717) is 5.75 Å². The molecule has 0 aromatic heterocycles. The molecular weight excluding hydrogens is 280 g/mol. The zero-order valence-electron chi connectivity index (χ0n) is 16.1. The predicted octanol–water partition coefficient (Wildman–Crippen LogP) is 7.23. The molecule has 1 N–H and O–H groups in total. The summed E-state index contributed by atoms with van der Waals surface area (Å²) in [6.07, 6.45) is 11.4. The zero-order valence-corrected chi connectivity index (χ0v) is 16.1. The van der Waals surface area contributed by atoms with E-state index < -0.39 is 0 Å². The Balaban J connectivity index is 3.29. The van der Waals surface area contributed by atoms with Crippen molar-refractivity contribution >= 4 is 0 Å². The van der Waals surface area contributed by atoms with Gasteiger partial charge >= 0.3 is 0 Å². The van der Waals surface area contributed by atoms with Crippen molar-refractivity contribution in [3.05, 3.63) is 29.8 Å². The second-order valence-corrected chi connectivity index (χ2v) is 7.82. The number of aromatic hydroxyl groups is 1. The van der Waals surface area contributed by atoms with Gasteiger partial charge in [-0.3, -0.25) is 0 Å². The highest BCUT2D eigenvalue weighted by Gasteiger charge is 2.44. The molecule has 1 rings (SSSR count). The lowest BCUT2D eigenvalue weighted by Crippen LogP contribution is -2.42. The lowest BCUT2D eigenvalue weighted by molar-refractivity contribution is 0.112. The SMILES string of the molecule is CCCCC(C)(C)C(CCCC)(CCCC)c1ccc(O)cc1. The smallest absolute Gasteiger partial charge is 0.115 e. The van der Waals surface area contributed by atoms with Gasteiger partial charge in [0.1, 0.15) is 5.75 Å². The Morgan fingerprint density at radius 2 is 1.17 bits per heavy atom. The second kappa shape index (κ2) is 9.35. The third-order valence-electron chi connectivity index (χ3n) is 5.78. The fourth-order valence-electron chi connectivity index (χ4n) is 4.08. The van der Waals surface area contributed by atoms with E-state index in [4.69, 9.17) is 0 Å². The number of hydrogen-bond donors (Lipinski definition) is 1. The summed E-state index contributed by atoms with van der Waals surface area (Å²) in [5.74, 6) is 0.375. The highest BCUT2D eigenvalue weighted by molar-refractivity contribution is 5.33. The number of phenolic OH excluding ortho intramolecular Hbond substituents is 1. The molecule has 0 saturated heterocycles. The van der Waals surface area contributed by atoms with Crippen molar-refractivity contribution in [2.45, 2.75) is 97.8 Å². The summed E-state index contributed by atoms with van der Waals surface area (Å²) in [5.41, 5.74) is 1.94. The van der Waals surface area contributed by atoms with E-state index >= 15 is 0 Å². The van der Waals surface area contributed by atoms with Gasteiger partial charge in [0.25, 0.3) is 0 Å². The van der Waals surface area contributed by atoms with Crippen molar-refractivity contribution in [3.8, 4) is 5.75 Å². The summed E-state index contributed by atoms with van der Waals surface area (Å²) in [7, 11) is 0. The monoisotopic (exact) mass is 318 g/mol. The minimum atomic E-state index is 0.224. The molecule has 0 spiro atoms. The average molecular weight is 319 g/mol. The highest BCUT2D eigenvalue weighted by Crippen LogP contribution is 2.52. The molecule has 0 unspecified atom stereocenters. The summed E-state index contributed by atoms with van der Waals surface area (Å²) in [6.45, 7) is 11.8. The minimum Gasteiger partial charge on any atom is -0.508 e. The topological polar surface area (TPSA) is 20.2 Å². The summed E-state index contributed by atoms with van der Waals surface area (Å²) in [5, 5.41) is 9.72. The van der Waals surface area contributed by atoms with Crippen molar-refractivity contribution in [2.24, 2.45) is 5.41 Å². The van der Waals surface area contributed by atoms with Crippen LogP contribution in [0.15, 0.2) is 24.3 Å². The Morgan fingerprint density at radius 3 is 1.61 bits per heavy atom. The van der Waals surface area contributed by atoms with Crippen LogP contribution in [0.1, 0.15) is 98.0 Å². The summed E-state index contributed by atoms with van der Waals surface area (Å²) in [4.78, 5) is 0. The van der Waals surface area contributed by atoms with Crippen LogP contribution in [-0.4, -0.2) is 5.11 Å². The number of hydrogen-bond acceptors (Lipinski definition) is 1. The van der Waals surface area contributed by atoms with Crippen LogP contribution in [0, 0.1) is 5.41 Å². The Kier molecular flexibility index (Phi) is 8.16. The van der Waals surface area contributed by atoms with Gasteiger partial charge in [-0.15, -0.1) is 0 Å². The average Bonchev–Trinajstić information content (AvgIpc) is 2.54. The standard InChI is InChI=1S/C22H38O/c1-6-9-16-21(4,5)22(17-10-7-2,18-11-8-3)19-12-14-20(23)15-13-19/h12-15,23H,6-11,16-18H2,1-5H3. The maximum atomic E-state index is 9.72. The van der Waals surface area contributed by atoms with Crippen LogP contribution < -0.4 is 0 Å². The van der Waals surface area contributed by atoms with Crippen LogP contribution in [0.3, 0.4) is 0 Å². The van der Waals surface area contributed by atoms with E-state index in [1.54, 1.807) is 0 Å². The lowest BCUT2D eigenvalue weighted by atomic mass is 9.55. The van der Waals surface area contributed by atoms with Crippen LogP contribution in [0.5, 0.6) is 5.75 Å². The summed E-state index contributed by atoms with van der Waals surface area (Å²) in [6, 6.07) is 8.10. The minimum absolute atomic E-state index is 0.224. The van der Waals surface area contributed by atoms with Crippen molar-refractivity contribution in [1.82, 2.24) is 0 Å². The van der Waals surface area contributed by atoms with Gasteiger partial charge in [0.2, 0.25) is 0 Å². The molecule has 0 amide bonds. The van der Waals surface area contributed by atoms with Crippen LogP contribution in [0.2, 0.25) is 0 Å². The van der Waals surface area contributed by atoms with Crippen LogP contribution in [0.4, 0.5) is 0 Å². The van der Waals surface area contributed by atoms with Gasteiger partial charge in [0, 0.05) is 5.41 Å². The van der Waals surface area contributed by atoms with Gasteiger partial charge in [-0.25, -0.2) is 0 Å². The first kappa shape index (κ1) is 20.1. The Morgan fingerprint density at radius 1 is 0.739 bits per heavy atom. The zero-order chi connectivity index (χ0) is 17.3. The third kappa shape index (κ3) is 4.99. The van der Waals surface area contributed by atoms with Crippen LogP contribution in [0.25, 0.3) is 0 Å². The van der Waals surface area contributed by atoms with E-state index in [9.17, 15) is 5.11 Å². The molecule has 23 heavy (non-hydrogen) atoms. The van der Waals surface area contributed by atoms with Crippen molar-refractivity contribution < 1.29 is 5.11 Å². The van der Waals surface area contributed by atoms with Crippen LogP contribution >= 0.6 is 0 Å². The molecule has 0 radical (unpaired) electrons. The molecule has 0 aliphatic carbocycles. The molecule has 1 aromatic carbocycles. The van der Waals surface area contributed by atoms with E-state index in [1.807, 2.05) is 12.1 Å². The quantitative estimate of drug-likeness (QED) is 0.456. The number of rotatable bonds is 11. The van der Waals surface area contributed by atoms with E-state index in [0.717, 1.165) is 0 Å². The Hall–Kier alpha value is -0.980. The van der Waals surface area contributed by atoms with Gasteiger partial charge in [-0.2, -0.15) is 0 Å². The lowest BCUT2D eigenvalue weighted by Gasteiger charge is -2.49. The van der Waals surface area contributed by atoms with Gasteiger partial charge in [0.05, 0.1) is 0 Å². The molecular formula is C22H38O. The second-order valence-electron chi connectivity index (χ2n) is 7.82. The van der Waals surface area contributed by atoms with Gasteiger partial charge < -0.3 is 5.11 Å². The molecule has 1 heteroatoms. The maximum absolute atomic E-state index is 9.72. The first-order valence-corrected chi connectivity index (χ1v) is 9.73. The normalized spacial score (nSPS) is 12.6. The molecule has 0 fully saturated rings. The van der Waals surface area contributed by atoms with Crippen molar-refractivity contribution in [2.75, 3.05) is 0 Å². The van der Waals surface area contributed by atoms with Crippen molar-refractivity contribution in [3.63, 3.8) is 0 Å². The Bertz CT molecular complexity index is 422. The maximum Gasteiger partial charge on any atom is 0.115 e. The van der Waals surface area contributed by atoms with Crippen LogP contribution in [-0.2, 0) is 5.41 Å². The fraction of sp³-hybridized carbons (Fsp3) is 0.727. The third-order valence-corrected chi connectivity index (χ3v) is 5.78. The molecule has 0 aliphatic rings. The van der Waals surface area contributed by atoms with E-state index in [1.165, 1.54) is 63.4 Å². The first-order chi connectivity index (χ1) is 10.9. The molecule has 0 bridgehead atoms. The molecule has 0 saturated carbocycles. The molecule has 132 valence electrons. The molecule has 1 aromatic rings. The number of unbranched alkanes of at least 4 members (excludes halogenated alkanes) is 3. The van der Waals surface area contributed by atoms with Crippen molar-refractivity contribution in [1.29, 1.82) is 0 Å². The van der Waals surface area contributed by atoms with Gasteiger partial charge in [0.15, 0.2) is 0 Å². The summed E-state index contributed by atoms with van der Waals surface area (Å²) < 4.78 is 0. The predicted molar refractivity (Wildman–Crippen MR) is 102 cm³/mol.